The van der Waals surface area contributed by atoms with E-state index < -0.39 is 23.4 Å². The number of alkyl halides is 3. The van der Waals surface area contributed by atoms with Crippen LogP contribution in [0.4, 0.5) is 13.2 Å². The fourth-order valence-electron chi connectivity index (χ4n) is 2.08. The van der Waals surface area contributed by atoms with Crippen molar-refractivity contribution in [3.63, 3.8) is 0 Å². The maximum atomic E-state index is 13.2. The Morgan fingerprint density at radius 2 is 2.00 bits per heavy atom. The van der Waals surface area contributed by atoms with Gasteiger partial charge in [-0.05, 0) is 18.2 Å². The summed E-state index contributed by atoms with van der Waals surface area (Å²) in [5.74, 6) is -1.69. The Labute approximate surface area is 115 Å². The first kappa shape index (κ1) is 13.2. The first-order chi connectivity index (χ1) is 9.89. The number of aromatic nitrogens is 4. The van der Waals surface area contributed by atoms with Gasteiger partial charge in [0.05, 0.1) is 23.6 Å². The molecule has 3 heterocycles. The number of hydrogen-bond donors (Lipinski definition) is 1. The molecule has 0 aliphatic carbocycles. The quantitative estimate of drug-likeness (QED) is 0.787. The largest absolute Gasteiger partial charge is 0.478 e. The van der Waals surface area contributed by atoms with Gasteiger partial charge in [0.2, 0.25) is 0 Å². The zero-order valence-electron chi connectivity index (χ0n) is 10.2. The molecule has 0 saturated carbocycles. The molecule has 0 bridgehead atoms. The van der Waals surface area contributed by atoms with E-state index in [1.54, 1.807) is 6.20 Å². The summed E-state index contributed by atoms with van der Waals surface area (Å²) < 4.78 is 41.4. The maximum absolute atomic E-state index is 13.2. The van der Waals surface area contributed by atoms with Crippen LogP contribution in [0.2, 0.25) is 0 Å². The molecular formula is C12H7F3N4O2. The van der Waals surface area contributed by atoms with Gasteiger partial charge < -0.3 is 5.11 Å². The zero-order chi connectivity index (χ0) is 15.2. The third-order valence-electron chi connectivity index (χ3n) is 2.91. The molecule has 3 rings (SSSR count). The average molecular weight is 296 g/mol. The summed E-state index contributed by atoms with van der Waals surface area (Å²) in [6, 6.07) is 4.42. The number of hydrogen-bond acceptors (Lipinski definition) is 3. The Balaban J connectivity index is 2.33. The topological polar surface area (TPSA) is 72.4 Å². The summed E-state index contributed by atoms with van der Waals surface area (Å²) in [7, 11) is 0. The lowest BCUT2D eigenvalue weighted by Gasteiger charge is -2.12. The molecule has 21 heavy (non-hydrogen) atoms. The van der Waals surface area contributed by atoms with Gasteiger partial charge in [0.1, 0.15) is 5.56 Å². The molecule has 0 aliphatic rings. The minimum Gasteiger partial charge on any atom is -0.478 e. The van der Waals surface area contributed by atoms with Crippen molar-refractivity contribution >= 4 is 11.5 Å². The van der Waals surface area contributed by atoms with Crippen LogP contribution in [0.5, 0.6) is 0 Å². The highest BCUT2D eigenvalue weighted by molar-refractivity contribution is 5.89. The second kappa shape index (κ2) is 4.33. The molecule has 0 atom stereocenters. The summed E-state index contributed by atoms with van der Waals surface area (Å²) in [5, 5.41) is 16.4. The standard InChI is InChI=1S/C12H7F3N4O2/c13-12(14,15)10-7(11(20)21)6-17-19(10)9-2-1-5-18-8(9)3-4-16-18/h1-6H,(H,20,21). The molecule has 3 aromatic rings. The Morgan fingerprint density at radius 3 is 2.67 bits per heavy atom. The molecule has 0 aliphatic heterocycles. The molecule has 0 unspecified atom stereocenters. The molecule has 9 heteroatoms. The van der Waals surface area contributed by atoms with Gasteiger partial charge in [0.25, 0.3) is 0 Å². The Kier molecular flexibility index (Phi) is 2.71. The predicted octanol–water partition coefficient (Wildman–Crippen LogP) is 2.24. The number of halogens is 3. The van der Waals surface area contributed by atoms with Gasteiger partial charge in [-0.3, -0.25) is 0 Å². The van der Waals surface area contributed by atoms with E-state index in [1.165, 1.54) is 28.9 Å². The van der Waals surface area contributed by atoms with Gasteiger partial charge in [-0.1, -0.05) is 0 Å². The molecule has 108 valence electrons. The van der Waals surface area contributed by atoms with Crippen molar-refractivity contribution in [3.05, 3.63) is 48.0 Å². The fourth-order valence-corrected chi connectivity index (χ4v) is 2.08. The highest BCUT2D eigenvalue weighted by Crippen LogP contribution is 2.34. The first-order valence-electron chi connectivity index (χ1n) is 5.71. The maximum Gasteiger partial charge on any atom is 0.434 e. The number of rotatable bonds is 2. The van der Waals surface area contributed by atoms with Crippen molar-refractivity contribution in [2.24, 2.45) is 0 Å². The number of carboxylic acids is 1. The number of aromatic carboxylic acids is 1. The Bertz CT molecular complexity index is 835. The van der Waals surface area contributed by atoms with Gasteiger partial charge in [-0.25, -0.2) is 14.0 Å². The van der Waals surface area contributed by atoms with Gasteiger partial charge in [-0.15, -0.1) is 0 Å². The molecule has 0 saturated heterocycles. The van der Waals surface area contributed by atoms with E-state index in [0.717, 1.165) is 0 Å². The van der Waals surface area contributed by atoms with Crippen molar-refractivity contribution in [2.75, 3.05) is 0 Å². The van der Waals surface area contributed by atoms with Crippen LogP contribution in [-0.4, -0.2) is 30.5 Å². The molecule has 0 radical (unpaired) electrons. The van der Waals surface area contributed by atoms with E-state index in [1.807, 2.05) is 0 Å². The van der Waals surface area contributed by atoms with Crippen molar-refractivity contribution in [1.29, 1.82) is 0 Å². The van der Waals surface area contributed by atoms with Crippen molar-refractivity contribution < 1.29 is 23.1 Å². The predicted molar refractivity (Wildman–Crippen MR) is 64.3 cm³/mol. The van der Waals surface area contributed by atoms with Crippen molar-refractivity contribution in [2.45, 2.75) is 6.18 Å². The van der Waals surface area contributed by atoms with Crippen LogP contribution in [0, 0.1) is 0 Å². The van der Waals surface area contributed by atoms with E-state index in [9.17, 15) is 18.0 Å². The summed E-state index contributed by atoms with van der Waals surface area (Å²) in [4.78, 5) is 11.0. The summed E-state index contributed by atoms with van der Waals surface area (Å²) >= 11 is 0. The highest BCUT2D eigenvalue weighted by Gasteiger charge is 2.40. The van der Waals surface area contributed by atoms with Gasteiger partial charge >= 0.3 is 12.1 Å². The summed E-state index contributed by atoms with van der Waals surface area (Å²) in [6.45, 7) is 0. The second-order valence-electron chi connectivity index (χ2n) is 4.18. The molecule has 0 fully saturated rings. The summed E-state index contributed by atoms with van der Waals surface area (Å²) in [6.07, 6.45) is -1.18. The average Bonchev–Trinajstić information content (AvgIpc) is 3.04. The fraction of sp³-hybridized carbons (Fsp3) is 0.0833. The number of nitrogens with zero attached hydrogens (tertiary/aromatic N) is 4. The van der Waals surface area contributed by atoms with Gasteiger partial charge in [0.15, 0.2) is 5.69 Å². The normalized spacial score (nSPS) is 12.0. The van der Waals surface area contributed by atoms with Crippen LogP contribution < -0.4 is 0 Å². The molecule has 0 amide bonds. The minimum atomic E-state index is -4.85. The van der Waals surface area contributed by atoms with Gasteiger partial charge in [0, 0.05) is 6.20 Å². The van der Waals surface area contributed by atoms with E-state index in [2.05, 4.69) is 10.2 Å². The molecule has 0 spiro atoms. The van der Waals surface area contributed by atoms with E-state index in [0.29, 0.717) is 16.4 Å². The van der Waals surface area contributed by atoms with E-state index in [-0.39, 0.29) is 5.69 Å². The third-order valence-corrected chi connectivity index (χ3v) is 2.91. The number of fused-ring (bicyclic) bond motifs is 1. The zero-order valence-corrected chi connectivity index (χ0v) is 10.2. The highest BCUT2D eigenvalue weighted by atomic mass is 19.4. The molecule has 3 aromatic heterocycles. The van der Waals surface area contributed by atoms with E-state index in [4.69, 9.17) is 5.11 Å². The molecule has 6 nitrogen and oxygen atoms in total. The van der Waals surface area contributed by atoms with Crippen LogP contribution in [0.25, 0.3) is 11.2 Å². The van der Waals surface area contributed by atoms with Crippen LogP contribution in [0.15, 0.2) is 36.8 Å². The van der Waals surface area contributed by atoms with E-state index >= 15 is 0 Å². The second-order valence-corrected chi connectivity index (χ2v) is 4.18. The summed E-state index contributed by atoms with van der Waals surface area (Å²) in [5.41, 5.74) is -1.76. The van der Waals surface area contributed by atoms with Crippen molar-refractivity contribution in [1.82, 2.24) is 19.4 Å². The number of carboxylic acid groups (broad SMARTS) is 1. The van der Waals surface area contributed by atoms with Crippen LogP contribution in [0.1, 0.15) is 16.1 Å². The van der Waals surface area contributed by atoms with Crippen LogP contribution in [0.3, 0.4) is 0 Å². The lowest BCUT2D eigenvalue weighted by atomic mass is 10.2. The lowest BCUT2D eigenvalue weighted by molar-refractivity contribution is -0.143. The molecule has 1 N–H and O–H groups in total. The number of pyridine rings is 1. The smallest absolute Gasteiger partial charge is 0.434 e. The van der Waals surface area contributed by atoms with Crippen LogP contribution >= 0.6 is 0 Å². The van der Waals surface area contributed by atoms with Crippen LogP contribution in [-0.2, 0) is 6.18 Å². The minimum absolute atomic E-state index is 0.0924. The van der Waals surface area contributed by atoms with Gasteiger partial charge in [-0.2, -0.15) is 23.4 Å². The molecule has 0 aromatic carbocycles. The lowest BCUT2D eigenvalue weighted by Crippen LogP contribution is -2.17. The van der Waals surface area contributed by atoms with Crippen molar-refractivity contribution in [3.8, 4) is 5.69 Å². The SMILES string of the molecule is O=C(O)c1cnn(-c2cccn3nccc23)c1C(F)(F)F. The monoisotopic (exact) mass is 296 g/mol. The number of carbonyl (C=O) groups is 1. The first-order valence-corrected chi connectivity index (χ1v) is 5.71. The Morgan fingerprint density at radius 1 is 1.24 bits per heavy atom. The Hall–Kier alpha value is -2.84. The molecular weight excluding hydrogens is 289 g/mol. The third kappa shape index (κ3) is 2.02.